The Morgan fingerprint density at radius 2 is 1.72 bits per heavy atom. The maximum absolute atomic E-state index is 13.2. The minimum absolute atomic E-state index is 0.280. The summed E-state index contributed by atoms with van der Waals surface area (Å²) in [6.07, 6.45) is 2.95. The summed E-state index contributed by atoms with van der Waals surface area (Å²) in [5.41, 5.74) is -0.236. The molecule has 1 aromatic carbocycles. The average molecular weight is 350 g/mol. The zero-order chi connectivity index (χ0) is 18.7. The predicted octanol–water partition coefficient (Wildman–Crippen LogP) is 3.62. The van der Waals surface area contributed by atoms with E-state index in [-0.39, 0.29) is 11.7 Å². The number of carbonyl (C=O) groups is 2. The van der Waals surface area contributed by atoms with Gasteiger partial charge >= 0.3 is 6.09 Å². The fourth-order valence-electron chi connectivity index (χ4n) is 3.13. The summed E-state index contributed by atoms with van der Waals surface area (Å²) in [7, 11) is 0. The second-order valence-corrected chi connectivity index (χ2v) is 7.65. The lowest BCUT2D eigenvalue weighted by atomic mass is 9.87. The molecule has 1 unspecified atom stereocenters. The van der Waals surface area contributed by atoms with Crippen molar-refractivity contribution in [1.29, 1.82) is 0 Å². The lowest BCUT2D eigenvalue weighted by molar-refractivity contribution is -0.124. The van der Waals surface area contributed by atoms with Gasteiger partial charge in [-0.1, -0.05) is 25.0 Å². The molecule has 0 aliphatic heterocycles. The second-order valence-electron chi connectivity index (χ2n) is 7.65. The van der Waals surface area contributed by atoms with E-state index in [9.17, 15) is 14.0 Å². The van der Waals surface area contributed by atoms with E-state index in [0.717, 1.165) is 31.2 Å². The molecule has 0 spiro atoms. The summed E-state index contributed by atoms with van der Waals surface area (Å²) in [5.74, 6) is -0.583. The molecule has 1 saturated carbocycles. The van der Waals surface area contributed by atoms with E-state index in [1.165, 1.54) is 12.1 Å². The number of ether oxygens (including phenoxy) is 1. The van der Waals surface area contributed by atoms with Gasteiger partial charge in [-0.05, 0) is 58.2 Å². The van der Waals surface area contributed by atoms with Gasteiger partial charge in [0.05, 0.1) is 5.54 Å². The Morgan fingerprint density at radius 1 is 1.16 bits per heavy atom. The molecule has 2 amide bonds. The highest BCUT2D eigenvalue weighted by Crippen LogP contribution is 2.38. The van der Waals surface area contributed by atoms with Gasteiger partial charge in [-0.3, -0.25) is 4.79 Å². The smallest absolute Gasteiger partial charge is 0.408 e. The topological polar surface area (TPSA) is 67.4 Å². The molecule has 0 radical (unpaired) electrons. The van der Waals surface area contributed by atoms with Crippen molar-refractivity contribution in [2.75, 3.05) is 0 Å². The van der Waals surface area contributed by atoms with Crippen LogP contribution < -0.4 is 10.6 Å². The van der Waals surface area contributed by atoms with E-state index in [4.69, 9.17) is 4.74 Å². The molecular weight excluding hydrogens is 323 g/mol. The maximum Gasteiger partial charge on any atom is 0.408 e. The summed E-state index contributed by atoms with van der Waals surface area (Å²) in [4.78, 5) is 24.4. The molecule has 0 heterocycles. The Kier molecular flexibility index (Phi) is 5.70. The van der Waals surface area contributed by atoms with E-state index in [1.807, 2.05) is 0 Å². The van der Waals surface area contributed by atoms with Crippen LogP contribution >= 0.6 is 0 Å². The van der Waals surface area contributed by atoms with Gasteiger partial charge in [-0.2, -0.15) is 0 Å². The van der Waals surface area contributed by atoms with Crippen LogP contribution in [0.1, 0.15) is 58.9 Å². The van der Waals surface area contributed by atoms with Gasteiger partial charge < -0.3 is 15.4 Å². The van der Waals surface area contributed by atoms with Crippen LogP contribution in [0.15, 0.2) is 24.3 Å². The molecule has 1 aromatic rings. The summed E-state index contributed by atoms with van der Waals surface area (Å²) in [5, 5.41) is 5.62. The van der Waals surface area contributed by atoms with Crippen LogP contribution in [-0.4, -0.2) is 23.6 Å². The van der Waals surface area contributed by atoms with Gasteiger partial charge in [-0.15, -0.1) is 0 Å². The monoisotopic (exact) mass is 350 g/mol. The minimum atomic E-state index is -0.729. The highest BCUT2D eigenvalue weighted by Gasteiger charge is 2.38. The van der Waals surface area contributed by atoms with Crippen molar-refractivity contribution in [2.24, 2.45) is 0 Å². The number of hydrogen-bond donors (Lipinski definition) is 2. The third kappa shape index (κ3) is 5.18. The number of benzene rings is 1. The highest BCUT2D eigenvalue weighted by atomic mass is 19.1. The van der Waals surface area contributed by atoms with Crippen LogP contribution in [0.25, 0.3) is 0 Å². The Bertz CT molecular complexity index is 617. The van der Waals surface area contributed by atoms with Gasteiger partial charge in [0.1, 0.15) is 17.5 Å². The number of hydrogen-bond acceptors (Lipinski definition) is 3. The van der Waals surface area contributed by atoms with E-state index in [1.54, 1.807) is 39.8 Å². The molecule has 6 heteroatoms. The molecular formula is C19H27FN2O3. The molecule has 1 fully saturated rings. The Hall–Kier alpha value is -2.11. The molecule has 25 heavy (non-hydrogen) atoms. The summed E-state index contributed by atoms with van der Waals surface area (Å²) < 4.78 is 18.4. The SMILES string of the molecule is CC(NC(=O)OC(C)(C)C)C(=O)NC1(c2ccc(F)cc2)CCCC1. The fourth-order valence-corrected chi connectivity index (χ4v) is 3.13. The lowest BCUT2D eigenvalue weighted by Gasteiger charge is -2.32. The third-order valence-corrected chi connectivity index (χ3v) is 4.34. The van der Waals surface area contributed by atoms with Crippen LogP contribution in [0, 0.1) is 5.82 Å². The minimum Gasteiger partial charge on any atom is -0.444 e. The van der Waals surface area contributed by atoms with Crippen molar-refractivity contribution in [3.05, 3.63) is 35.6 Å². The van der Waals surface area contributed by atoms with Crippen molar-refractivity contribution in [2.45, 2.75) is 70.6 Å². The number of alkyl carbamates (subject to hydrolysis) is 1. The zero-order valence-corrected chi connectivity index (χ0v) is 15.3. The zero-order valence-electron chi connectivity index (χ0n) is 15.3. The maximum atomic E-state index is 13.2. The molecule has 0 aromatic heterocycles. The van der Waals surface area contributed by atoms with Crippen LogP contribution in [0.2, 0.25) is 0 Å². The van der Waals surface area contributed by atoms with E-state index < -0.39 is 23.3 Å². The van der Waals surface area contributed by atoms with Gasteiger partial charge in [-0.25, -0.2) is 9.18 Å². The van der Waals surface area contributed by atoms with Crippen LogP contribution in [0.5, 0.6) is 0 Å². The van der Waals surface area contributed by atoms with Crippen molar-refractivity contribution >= 4 is 12.0 Å². The molecule has 2 rings (SSSR count). The number of nitrogens with one attached hydrogen (secondary N) is 2. The summed E-state index contributed by atoms with van der Waals surface area (Å²) in [6, 6.07) is 5.51. The number of carbonyl (C=O) groups excluding carboxylic acids is 2. The van der Waals surface area contributed by atoms with E-state index in [0.29, 0.717) is 0 Å². The molecule has 0 saturated heterocycles. The van der Waals surface area contributed by atoms with Crippen molar-refractivity contribution < 1.29 is 18.7 Å². The molecule has 5 nitrogen and oxygen atoms in total. The number of halogens is 1. The quantitative estimate of drug-likeness (QED) is 0.871. The lowest BCUT2D eigenvalue weighted by Crippen LogP contribution is -2.52. The van der Waals surface area contributed by atoms with Crippen LogP contribution in [0.3, 0.4) is 0 Å². The molecule has 1 atom stereocenters. The van der Waals surface area contributed by atoms with Crippen molar-refractivity contribution in [3.8, 4) is 0 Å². The highest BCUT2D eigenvalue weighted by molar-refractivity contribution is 5.86. The molecule has 1 aliphatic carbocycles. The van der Waals surface area contributed by atoms with Gasteiger partial charge in [0.25, 0.3) is 0 Å². The second kappa shape index (κ2) is 7.42. The largest absolute Gasteiger partial charge is 0.444 e. The molecule has 1 aliphatic rings. The predicted molar refractivity (Wildman–Crippen MR) is 93.5 cm³/mol. The van der Waals surface area contributed by atoms with Gasteiger partial charge in [0.2, 0.25) is 5.91 Å². The van der Waals surface area contributed by atoms with E-state index >= 15 is 0 Å². The van der Waals surface area contributed by atoms with Crippen molar-refractivity contribution in [3.63, 3.8) is 0 Å². The fraction of sp³-hybridized carbons (Fsp3) is 0.579. The number of rotatable bonds is 4. The summed E-state index contributed by atoms with van der Waals surface area (Å²) in [6.45, 7) is 6.91. The summed E-state index contributed by atoms with van der Waals surface area (Å²) >= 11 is 0. The molecule has 0 bridgehead atoms. The Morgan fingerprint density at radius 3 is 2.24 bits per heavy atom. The van der Waals surface area contributed by atoms with Crippen molar-refractivity contribution in [1.82, 2.24) is 10.6 Å². The van der Waals surface area contributed by atoms with Gasteiger partial charge in [0, 0.05) is 0 Å². The first-order valence-electron chi connectivity index (χ1n) is 8.69. The molecule has 138 valence electrons. The normalized spacial score (nSPS) is 17.6. The van der Waals surface area contributed by atoms with Crippen LogP contribution in [0.4, 0.5) is 9.18 Å². The standard InChI is InChI=1S/C19H27FN2O3/c1-13(21-17(24)25-18(2,3)4)16(23)22-19(11-5-6-12-19)14-7-9-15(20)10-8-14/h7-10,13H,5-6,11-12H2,1-4H3,(H,21,24)(H,22,23). The third-order valence-electron chi connectivity index (χ3n) is 4.34. The first kappa shape index (κ1) is 19.2. The average Bonchev–Trinajstić information content (AvgIpc) is 2.95. The molecule has 2 N–H and O–H groups in total. The van der Waals surface area contributed by atoms with E-state index in [2.05, 4.69) is 10.6 Å². The van der Waals surface area contributed by atoms with Gasteiger partial charge in [0.15, 0.2) is 0 Å². The Labute approximate surface area is 148 Å². The first-order chi connectivity index (χ1) is 11.6. The Balaban J connectivity index is 2.05. The number of amides is 2. The van der Waals surface area contributed by atoms with Crippen LogP contribution in [-0.2, 0) is 15.1 Å². The first-order valence-corrected chi connectivity index (χ1v) is 8.69.